The summed E-state index contributed by atoms with van der Waals surface area (Å²) in [5.74, 6) is 1.54. The van der Waals surface area contributed by atoms with E-state index in [-0.39, 0.29) is 24.0 Å². The number of aliphatic imine (C=N–C) groups is 1. The molecule has 29 heavy (non-hydrogen) atoms. The summed E-state index contributed by atoms with van der Waals surface area (Å²) in [6, 6.07) is 11.1. The summed E-state index contributed by atoms with van der Waals surface area (Å²) in [7, 11) is 1.87. The third kappa shape index (κ3) is 7.61. The quantitative estimate of drug-likeness (QED) is 0.333. The van der Waals surface area contributed by atoms with E-state index in [1.165, 1.54) is 38.4 Å². The number of piperazine rings is 1. The maximum Gasteiger partial charge on any atom is 0.191 e. The van der Waals surface area contributed by atoms with Crippen LogP contribution < -0.4 is 15.5 Å². The van der Waals surface area contributed by atoms with Crippen LogP contribution in [0, 0.1) is 5.92 Å². The van der Waals surface area contributed by atoms with E-state index in [1.807, 2.05) is 7.05 Å². The summed E-state index contributed by atoms with van der Waals surface area (Å²) < 4.78 is 0. The van der Waals surface area contributed by atoms with Crippen molar-refractivity contribution in [1.29, 1.82) is 0 Å². The number of benzene rings is 1. The molecule has 0 bridgehead atoms. The van der Waals surface area contributed by atoms with Gasteiger partial charge in [0.2, 0.25) is 0 Å². The molecule has 0 spiro atoms. The summed E-state index contributed by atoms with van der Waals surface area (Å²) in [5, 5.41) is 7.16. The summed E-state index contributed by atoms with van der Waals surface area (Å²) in [4.78, 5) is 12.0. The molecule has 2 fully saturated rings. The third-order valence-electron chi connectivity index (χ3n) is 5.97. The number of rotatable bonds is 7. The molecule has 2 unspecified atom stereocenters. The normalized spacial score (nSPS) is 22.2. The zero-order chi connectivity index (χ0) is 19.8. The van der Waals surface area contributed by atoms with Crippen LogP contribution in [0.3, 0.4) is 0 Å². The second-order valence-electron chi connectivity index (χ2n) is 8.20. The fourth-order valence-electron chi connectivity index (χ4n) is 4.20. The Labute approximate surface area is 194 Å². The molecular weight excluding hydrogens is 475 g/mol. The van der Waals surface area contributed by atoms with Gasteiger partial charge in [-0.25, -0.2) is 0 Å². The molecule has 3 rings (SSSR count). The summed E-state index contributed by atoms with van der Waals surface area (Å²) in [6.45, 7) is 14.8. The number of hydrogen-bond donors (Lipinski definition) is 2. The van der Waals surface area contributed by atoms with Crippen LogP contribution in [-0.2, 0) is 0 Å². The van der Waals surface area contributed by atoms with Crippen molar-refractivity contribution in [3.05, 3.63) is 30.3 Å². The fraction of sp³-hybridized carbons (Fsp3) is 0.682. The van der Waals surface area contributed by atoms with Crippen LogP contribution in [0.4, 0.5) is 5.69 Å². The number of halogens is 1. The van der Waals surface area contributed by atoms with Crippen LogP contribution in [0.15, 0.2) is 35.3 Å². The molecule has 2 aliphatic rings. The summed E-state index contributed by atoms with van der Waals surface area (Å²) >= 11 is 0. The first-order valence-electron chi connectivity index (χ1n) is 10.9. The van der Waals surface area contributed by atoms with E-state index in [0.717, 1.165) is 38.6 Å². The molecule has 2 atom stereocenters. The molecule has 164 valence electrons. The summed E-state index contributed by atoms with van der Waals surface area (Å²) in [6.07, 6.45) is 1.15. The second kappa shape index (κ2) is 12.6. The molecule has 6 nitrogen and oxygen atoms in total. The highest BCUT2D eigenvalue weighted by atomic mass is 127. The van der Waals surface area contributed by atoms with Crippen molar-refractivity contribution in [2.45, 2.75) is 26.3 Å². The predicted molar refractivity (Wildman–Crippen MR) is 135 cm³/mol. The minimum Gasteiger partial charge on any atom is -0.369 e. The van der Waals surface area contributed by atoms with Gasteiger partial charge in [-0.1, -0.05) is 32.0 Å². The Balaban J connectivity index is 0.00000300. The lowest BCUT2D eigenvalue weighted by Crippen LogP contribution is -2.49. The van der Waals surface area contributed by atoms with Gasteiger partial charge in [0.05, 0.1) is 0 Å². The number of likely N-dealkylation sites (N-methyl/N-ethyl adjacent to an activating group) is 1. The fourth-order valence-corrected chi connectivity index (χ4v) is 4.20. The van der Waals surface area contributed by atoms with Gasteiger partial charge >= 0.3 is 0 Å². The van der Waals surface area contributed by atoms with Gasteiger partial charge < -0.3 is 25.3 Å². The van der Waals surface area contributed by atoms with Crippen LogP contribution in [-0.4, -0.2) is 87.8 Å². The van der Waals surface area contributed by atoms with E-state index in [2.05, 4.69) is 74.5 Å². The maximum atomic E-state index is 4.44. The lowest BCUT2D eigenvalue weighted by Gasteiger charge is -2.35. The van der Waals surface area contributed by atoms with Crippen molar-refractivity contribution < 1.29 is 0 Å². The van der Waals surface area contributed by atoms with Gasteiger partial charge in [0.25, 0.3) is 0 Å². The minimum absolute atomic E-state index is 0. The number of guanidine groups is 1. The Kier molecular flexibility index (Phi) is 10.5. The SMILES string of the molecule is CCN1CCN(CC(C)CNC(=NC)NC2CCN(c3ccccc3)C2)CC1.I. The van der Waals surface area contributed by atoms with Gasteiger partial charge in [-0.15, -0.1) is 24.0 Å². The number of nitrogens with zero attached hydrogens (tertiary/aromatic N) is 4. The Hall–Kier alpha value is -1.06. The standard InChI is InChI=1S/C22H38N6.HI/c1-4-26-12-14-27(15-13-26)17-19(2)16-24-22(23-3)25-20-10-11-28(18-20)21-8-6-5-7-9-21;/h5-9,19-20H,4,10-18H2,1-3H3,(H2,23,24,25);1H. The molecule has 0 aromatic heterocycles. The van der Waals surface area contributed by atoms with E-state index in [0.29, 0.717) is 12.0 Å². The van der Waals surface area contributed by atoms with Crippen LogP contribution in [0.25, 0.3) is 0 Å². The van der Waals surface area contributed by atoms with Gasteiger partial charge in [0, 0.05) is 71.1 Å². The molecule has 0 aliphatic carbocycles. The second-order valence-corrected chi connectivity index (χ2v) is 8.20. The molecule has 1 aromatic carbocycles. The largest absolute Gasteiger partial charge is 0.369 e. The van der Waals surface area contributed by atoms with Crippen LogP contribution in [0.1, 0.15) is 20.3 Å². The van der Waals surface area contributed by atoms with Crippen molar-refractivity contribution in [3.63, 3.8) is 0 Å². The number of anilines is 1. The van der Waals surface area contributed by atoms with E-state index < -0.39 is 0 Å². The van der Waals surface area contributed by atoms with Gasteiger partial charge in [0.1, 0.15) is 0 Å². The van der Waals surface area contributed by atoms with Crippen LogP contribution in [0.2, 0.25) is 0 Å². The van der Waals surface area contributed by atoms with E-state index >= 15 is 0 Å². The average molecular weight is 515 g/mol. The Morgan fingerprint density at radius 1 is 1.10 bits per heavy atom. The van der Waals surface area contributed by atoms with Gasteiger partial charge in [-0.05, 0) is 31.0 Å². The van der Waals surface area contributed by atoms with Crippen LogP contribution >= 0.6 is 24.0 Å². The van der Waals surface area contributed by atoms with Crippen molar-refractivity contribution in [2.75, 3.05) is 70.9 Å². The maximum absolute atomic E-state index is 4.44. The van der Waals surface area contributed by atoms with Gasteiger partial charge in [-0.3, -0.25) is 4.99 Å². The first-order chi connectivity index (χ1) is 13.7. The van der Waals surface area contributed by atoms with Crippen molar-refractivity contribution in [1.82, 2.24) is 20.4 Å². The summed E-state index contributed by atoms with van der Waals surface area (Å²) in [5.41, 5.74) is 1.31. The zero-order valence-corrected chi connectivity index (χ0v) is 20.6. The predicted octanol–water partition coefficient (Wildman–Crippen LogP) is 2.32. The average Bonchev–Trinajstić information content (AvgIpc) is 3.21. The molecule has 2 N–H and O–H groups in total. The minimum atomic E-state index is 0. The lowest BCUT2D eigenvalue weighted by atomic mass is 10.1. The van der Waals surface area contributed by atoms with Crippen LogP contribution in [0.5, 0.6) is 0 Å². The molecule has 0 radical (unpaired) electrons. The van der Waals surface area contributed by atoms with E-state index in [9.17, 15) is 0 Å². The van der Waals surface area contributed by atoms with Crippen molar-refractivity contribution in [2.24, 2.45) is 10.9 Å². The Bertz CT molecular complexity index is 603. The first kappa shape index (κ1) is 24.2. The number of para-hydroxylation sites is 1. The molecule has 7 heteroatoms. The molecule has 1 aromatic rings. The lowest BCUT2D eigenvalue weighted by molar-refractivity contribution is 0.124. The first-order valence-corrected chi connectivity index (χ1v) is 10.9. The van der Waals surface area contributed by atoms with E-state index in [4.69, 9.17) is 0 Å². The van der Waals surface area contributed by atoms with Gasteiger partial charge in [-0.2, -0.15) is 0 Å². The smallest absolute Gasteiger partial charge is 0.191 e. The molecular formula is C22H39IN6. The molecule has 2 heterocycles. The Morgan fingerprint density at radius 3 is 2.45 bits per heavy atom. The van der Waals surface area contributed by atoms with E-state index in [1.54, 1.807) is 0 Å². The number of hydrogen-bond acceptors (Lipinski definition) is 4. The highest BCUT2D eigenvalue weighted by Crippen LogP contribution is 2.19. The highest BCUT2D eigenvalue weighted by Gasteiger charge is 2.23. The molecule has 2 aliphatic heterocycles. The molecule has 2 saturated heterocycles. The van der Waals surface area contributed by atoms with Gasteiger partial charge in [0.15, 0.2) is 5.96 Å². The van der Waals surface area contributed by atoms with Crippen molar-refractivity contribution >= 4 is 35.6 Å². The monoisotopic (exact) mass is 514 g/mol. The highest BCUT2D eigenvalue weighted by molar-refractivity contribution is 14.0. The third-order valence-corrected chi connectivity index (χ3v) is 5.97. The number of nitrogens with one attached hydrogen (secondary N) is 2. The zero-order valence-electron chi connectivity index (χ0n) is 18.3. The molecule has 0 saturated carbocycles. The molecule has 0 amide bonds. The van der Waals surface area contributed by atoms with Crippen molar-refractivity contribution in [3.8, 4) is 0 Å². The topological polar surface area (TPSA) is 46.1 Å². The Morgan fingerprint density at radius 2 is 1.79 bits per heavy atom.